The molecule has 0 bridgehead atoms. The Kier molecular flexibility index (Phi) is 5.58. The number of nitrogens with two attached hydrogens (primary N) is 1. The monoisotopic (exact) mass is 276 g/mol. The molecule has 1 aromatic rings. The van der Waals surface area contributed by atoms with Crippen LogP contribution >= 0.6 is 0 Å². The molecular formula is C17H28N2O. The van der Waals surface area contributed by atoms with Crippen LogP contribution in [0.15, 0.2) is 24.3 Å². The Labute approximate surface area is 122 Å². The van der Waals surface area contributed by atoms with Gasteiger partial charge in [0.25, 0.3) is 0 Å². The number of nitrogens with one attached hydrogen (secondary N) is 1. The number of hydrazine groups is 1. The van der Waals surface area contributed by atoms with E-state index in [0.717, 1.165) is 5.92 Å². The topological polar surface area (TPSA) is 47.3 Å². The van der Waals surface area contributed by atoms with Gasteiger partial charge in [0.15, 0.2) is 0 Å². The summed E-state index contributed by atoms with van der Waals surface area (Å²) in [6.45, 7) is 7.11. The second-order valence-corrected chi connectivity index (χ2v) is 6.11. The van der Waals surface area contributed by atoms with E-state index in [0.29, 0.717) is 12.5 Å². The minimum atomic E-state index is 0.0509. The molecule has 3 heteroatoms. The first-order valence-corrected chi connectivity index (χ1v) is 7.85. The molecule has 2 atom stereocenters. The zero-order chi connectivity index (χ0) is 14.5. The van der Waals surface area contributed by atoms with Crippen molar-refractivity contribution in [1.82, 2.24) is 5.43 Å². The zero-order valence-corrected chi connectivity index (χ0v) is 12.9. The molecule has 2 rings (SSSR count). The Hall–Kier alpha value is -0.900. The van der Waals surface area contributed by atoms with Gasteiger partial charge in [0, 0.05) is 6.61 Å². The Morgan fingerprint density at radius 1 is 1.35 bits per heavy atom. The number of ether oxygens (including phenoxy) is 1. The van der Waals surface area contributed by atoms with Gasteiger partial charge in [-0.2, -0.15) is 0 Å². The van der Waals surface area contributed by atoms with E-state index in [1.807, 2.05) is 6.92 Å². The van der Waals surface area contributed by atoms with Gasteiger partial charge in [0.2, 0.25) is 0 Å². The lowest BCUT2D eigenvalue weighted by Gasteiger charge is -2.31. The van der Waals surface area contributed by atoms with Crippen LogP contribution in [0.1, 0.15) is 63.1 Å². The third kappa shape index (κ3) is 3.40. The van der Waals surface area contributed by atoms with Crippen molar-refractivity contribution in [3.05, 3.63) is 35.4 Å². The molecule has 0 heterocycles. The van der Waals surface area contributed by atoms with Crippen molar-refractivity contribution in [3.63, 3.8) is 0 Å². The van der Waals surface area contributed by atoms with Crippen molar-refractivity contribution in [3.8, 4) is 0 Å². The Morgan fingerprint density at radius 2 is 2.10 bits per heavy atom. The van der Waals surface area contributed by atoms with E-state index in [1.54, 1.807) is 0 Å². The van der Waals surface area contributed by atoms with E-state index in [4.69, 9.17) is 10.6 Å². The summed E-state index contributed by atoms with van der Waals surface area (Å²) in [6.07, 6.45) is 4.11. The minimum Gasteiger partial charge on any atom is -0.376 e. The summed E-state index contributed by atoms with van der Waals surface area (Å²) in [5, 5.41) is 0. The summed E-state index contributed by atoms with van der Waals surface area (Å²) >= 11 is 0. The average molecular weight is 276 g/mol. The van der Waals surface area contributed by atoms with Gasteiger partial charge < -0.3 is 4.74 Å². The minimum absolute atomic E-state index is 0.0509. The summed E-state index contributed by atoms with van der Waals surface area (Å²) in [6, 6.07) is 8.90. The summed E-state index contributed by atoms with van der Waals surface area (Å²) in [7, 11) is 0. The molecule has 3 N–H and O–H groups in total. The van der Waals surface area contributed by atoms with Gasteiger partial charge in [-0.25, -0.2) is 0 Å². The fourth-order valence-corrected chi connectivity index (χ4v) is 2.99. The third-order valence-electron chi connectivity index (χ3n) is 4.37. The molecule has 20 heavy (non-hydrogen) atoms. The van der Waals surface area contributed by atoms with Gasteiger partial charge in [-0.05, 0) is 42.7 Å². The molecule has 1 aliphatic rings. The van der Waals surface area contributed by atoms with Gasteiger partial charge in [0.05, 0.1) is 12.1 Å². The molecule has 0 amide bonds. The maximum absolute atomic E-state index is 5.91. The Bertz CT molecular complexity index is 415. The number of rotatable bonds is 7. The molecular weight excluding hydrogens is 248 g/mol. The summed E-state index contributed by atoms with van der Waals surface area (Å²) in [4.78, 5) is 0. The van der Waals surface area contributed by atoms with Crippen LogP contribution in [-0.4, -0.2) is 12.7 Å². The van der Waals surface area contributed by atoms with Crippen LogP contribution in [0.4, 0.5) is 0 Å². The first kappa shape index (κ1) is 15.5. The van der Waals surface area contributed by atoms with E-state index in [9.17, 15) is 0 Å². The first-order valence-electron chi connectivity index (χ1n) is 7.85. The van der Waals surface area contributed by atoms with Crippen molar-refractivity contribution < 1.29 is 4.74 Å². The highest BCUT2D eigenvalue weighted by Gasteiger charge is 2.27. The van der Waals surface area contributed by atoms with Crippen molar-refractivity contribution in [2.45, 2.75) is 58.1 Å². The quantitative estimate of drug-likeness (QED) is 0.591. The molecule has 1 fully saturated rings. The molecule has 3 nitrogen and oxygen atoms in total. The third-order valence-corrected chi connectivity index (χ3v) is 4.37. The predicted octanol–water partition coefficient (Wildman–Crippen LogP) is 3.52. The summed E-state index contributed by atoms with van der Waals surface area (Å²) in [5.41, 5.74) is 5.65. The first-order chi connectivity index (χ1) is 9.67. The van der Waals surface area contributed by atoms with Gasteiger partial charge in [-0.1, -0.05) is 44.5 Å². The van der Waals surface area contributed by atoms with Gasteiger partial charge in [-0.3, -0.25) is 11.3 Å². The van der Waals surface area contributed by atoms with Crippen LogP contribution in [0.3, 0.4) is 0 Å². The van der Waals surface area contributed by atoms with E-state index in [-0.39, 0.29) is 12.1 Å². The summed E-state index contributed by atoms with van der Waals surface area (Å²) < 4.78 is 5.91. The van der Waals surface area contributed by atoms with Crippen molar-refractivity contribution in [2.75, 3.05) is 6.61 Å². The highest BCUT2D eigenvalue weighted by molar-refractivity contribution is 5.30. The van der Waals surface area contributed by atoms with E-state index in [1.165, 1.54) is 30.4 Å². The van der Waals surface area contributed by atoms with Gasteiger partial charge in [-0.15, -0.1) is 0 Å². The van der Waals surface area contributed by atoms with Crippen LogP contribution in [-0.2, 0) is 4.74 Å². The van der Waals surface area contributed by atoms with Crippen molar-refractivity contribution >= 4 is 0 Å². The fraction of sp³-hybridized carbons (Fsp3) is 0.647. The molecule has 0 aliphatic heterocycles. The second kappa shape index (κ2) is 7.21. The van der Waals surface area contributed by atoms with Crippen molar-refractivity contribution in [2.24, 2.45) is 11.8 Å². The van der Waals surface area contributed by atoms with Crippen LogP contribution in [0.5, 0.6) is 0 Å². The molecule has 0 spiro atoms. The van der Waals surface area contributed by atoms with Crippen LogP contribution in [0.25, 0.3) is 0 Å². The van der Waals surface area contributed by atoms with E-state index < -0.39 is 0 Å². The Balaban J connectivity index is 2.20. The van der Waals surface area contributed by atoms with Crippen LogP contribution < -0.4 is 11.3 Å². The predicted molar refractivity (Wildman–Crippen MR) is 83.4 cm³/mol. The summed E-state index contributed by atoms with van der Waals surface area (Å²) in [5.74, 6) is 6.98. The Morgan fingerprint density at radius 3 is 2.60 bits per heavy atom. The lowest BCUT2D eigenvalue weighted by Crippen LogP contribution is -2.40. The van der Waals surface area contributed by atoms with E-state index >= 15 is 0 Å². The molecule has 2 unspecified atom stereocenters. The zero-order valence-electron chi connectivity index (χ0n) is 12.9. The number of hydrogen-bond acceptors (Lipinski definition) is 3. The lowest BCUT2D eigenvalue weighted by molar-refractivity contribution is 0.00275. The molecule has 112 valence electrons. The van der Waals surface area contributed by atoms with Crippen molar-refractivity contribution in [1.29, 1.82) is 0 Å². The largest absolute Gasteiger partial charge is 0.376 e. The lowest BCUT2D eigenvalue weighted by atomic mass is 9.79. The number of hydrogen-bond donors (Lipinski definition) is 2. The maximum Gasteiger partial charge on any atom is 0.0805 e. The average Bonchev–Trinajstić information content (AvgIpc) is 2.37. The van der Waals surface area contributed by atoms with E-state index in [2.05, 4.69) is 43.5 Å². The SMILES string of the molecule is CCOC(C(C)C)C(NN)c1cccc(C2CCC2)c1. The smallest absolute Gasteiger partial charge is 0.0805 e. The van der Waals surface area contributed by atoms with Gasteiger partial charge in [0.1, 0.15) is 0 Å². The molecule has 0 aromatic heterocycles. The normalized spacial score (nSPS) is 18.9. The van der Waals surface area contributed by atoms with Crippen LogP contribution in [0, 0.1) is 5.92 Å². The van der Waals surface area contributed by atoms with Crippen LogP contribution in [0.2, 0.25) is 0 Å². The molecule has 0 saturated heterocycles. The molecule has 1 aromatic carbocycles. The maximum atomic E-state index is 5.91. The molecule has 1 aliphatic carbocycles. The molecule has 1 saturated carbocycles. The van der Waals surface area contributed by atoms with Gasteiger partial charge >= 0.3 is 0 Å². The highest BCUT2D eigenvalue weighted by atomic mass is 16.5. The second-order valence-electron chi connectivity index (χ2n) is 6.11. The highest BCUT2D eigenvalue weighted by Crippen LogP contribution is 2.37. The number of benzene rings is 1. The molecule has 0 radical (unpaired) electrons. The standard InChI is InChI=1S/C17H28N2O/c1-4-20-17(12(2)3)16(19-18)15-10-6-9-14(11-15)13-7-5-8-13/h6,9-13,16-17,19H,4-5,7-8,18H2,1-3H3. The fourth-order valence-electron chi connectivity index (χ4n) is 2.99.